The normalized spacial score (nSPS) is 18.6. The van der Waals surface area contributed by atoms with Gasteiger partial charge in [0.05, 0.1) is 25.7 Å². The Kier molecular flexibility index (Phi) is 13.3. The van der Waals surface area contributed by atoms with E-state index in [2.05, 4.69) is 20.6 Å². The van der Waals surface area contributed by atoms with Gasteiger partial charge in [0.15, 0.2) is 12.5 Å². The Balaban J connectivity index is 1.43. The highest BCUT2D eigenvalue weighted by Crippen LogP contribution is 2.35. The molecule has 1 saturated heterocycles. The molecule has 2 amide bonds. The number of H-pyrrole nitrogens is 1. The number of nitrogens with zero attached hydrogens (tertiary/aromatic N) is 2. The van der Waals surface area contributed by atoms with Gasteiger partial charge in [-0.25, -0.2) is 9.79 Å². The summed E-state index contributed by atoms with van der Waals surface area (Å²) in [4.78, 5) is 59.2. The van der Waals surface area contributed by atoms with Crippen LogP contribution in [0.2, 0.25) is 0 Å². The number of hydrogen-bond acceptors (Lipinski definition) is 11. The molecule has 0 saturated carbocycles. The molecular weight excluding hydrogens is 634 g/mol. The molecule has 14 heteroatoms. The molecule has 0 radical (unpaired) electrons. The van der Waals surface area contributed by atoms with Crippen molar-refractivity contribution in [2.45, 2.75) is 97.8 Å². The SMILES string of the molecule is CCOC(=O)CC[C@H](NC(=O)c1ccc(C(CCN2C=Nc3[nH]c(NC(=O)C(C)(C)C)cc3C2O)OC2CCCCO2)cc1)C(=O)OCC. The Labute approximate surface area is 286 Å². The van der Waals surface area contributed by atoms with E-state index < -0.39 is 47.9 Å². The minimum atomic E-state index is -1.01. The van der Waals surface area contributed by atoms with E-state index in [4.69, 9.17) is 18.9 Å². The predicted octanol–water partition coefficient (Wildman–Crippen LogP) is 4.65. The number of carbonyl (C=O) groups is 4. The molecule has 2 aliphatic heterocycles. The van der Waals surface area contributed by atoms with Crippen molar-refractivity contribution in [2.75, 3.05) is 31.7 Å². The van der Waals surface area contributed by atoms with Crippen molar-refractivity contribution in [3.05, 3.63) is 47.0 Å². The highest BCUT2D eigenvalue weighted by molar-refractivity contribution is 5.97. The van der Waals surface area contributed by atoms with Crippen LogP contribution in [-0.2, 0) is 33.3 Å². The van der Waals surface area contributed by atoms with Gasteiger partial charge in [-0.1, -0.05) is 32.9 Å². The van der Waals surface area contributed by atoms with Crippen LogP contribution in [0.15, 0.2) is 35.3 Å². The largest absolute Gasteiger partial charge is 0.466 e. The number of aromatic amines is 1. The molecule has 0 aliphatic carbocycles. The third-order valence-electron chi connectivity index (χ3n) is 8.15. The highest BCUT2D eigenvalue weighted by atomic mass is 16.7. The molecule has 3 heterocycles. The standard InChI is InChI=1S/C35H49N5O9/c1-6-46-28(41)16-15-25(33(44)47-7-2)37-31(42)23-13-11-22(12-14-23)26(49-29-10-8-9-19-48-29)17-18-40-21-36-30-24(32(40)43)20-27(38-30)39-34(45)35(3,4)5/h11-14,20-21,25-26,29,32,38,43H,6-10,15-19H2,1-5H3,(H,37,42)(H,39,45)/t25-,26?,29?,32?/m0/s1. The van der Waals surface area contributed by atoms with Crippen LogP contribution in [0.4, 0.5) is 11.6 Å². The molecule has 1 aromatic heterocycles. The van der Waals surface area contributed by atoms with Crippen LogP contribution in [0.5, 0.6) is 0 Å². The van der Waals surface area contributed by atoms with Crippen molar-refractivity contribution in [1.82, 2.24) is 15.2 Å². The fraction of sp³-hybridized carbons (Fsp3) is 0.571. The lowest BCUT2D eigenvalue weighted by Crippen LogP contribution is -2.42. The molecule has 14 nitrogen and oxygen atoms in total. The maximum absolute atomic E-state index is 13.1. The molecule has 2 aromatic rings. The van der Waals surface area contributed by atoms with Gasteiger partial charge < -0.3 is 44.6 Å². The average molecular weight is 684 g/mol. The number of amides is 2. The number of aliphatic imine (C=N–C) groups is 1. The van der Waals surface area contributed by atoms with Gasteiger partial charge in [-0.05, 0) is 69.7 Å². The van der Waals surface area contributed by atoms with Crippen molar-refractivity contribution in [1.29, 1.82) is 0 Å². The van der Waals surface area contributed by atoms with E-state index >= 15 is 0 Å². The van der Waals surface area contributed by atoms with Crippen molar-refractivity contribution < 1.29 is 43.2 Å². The van der Waals surface area contributed by atoms with E-state index in [9.17, 15) is 24.3 Å². The van der Waals surface area contributed by atoms with Crippen LogP contribution in [0.25, 0.3) is 0 Å². The van der Waals surface area contributed by atoms with E-state index in [1.807, 2.05) is 20.8 Å². The quantitative estimate of drug-likeness (QED) is 0.193. The maximum Gasteiger partial charge on any atom is 0.328 e. The lowest BCUT2D eigenvalue weighted by molar-refractivity contribution is -0.192. The first-order valence-corrected chi connectivity index (χ1v) is 16.9. The fourth-order valence-electron chi connectivity index (χ4n) is 5.35. The Morgan fingerprint density at radius 1 is 1.08 bits per heavy atom. The first kappa shape index (κ1) is 37.5. The Morgan fingerprint density at radius 3 is 2.47 bits per heavy atom. The lowest BCUT2D eigenvalue weighted by atomic mass is 9.96. The number of benzene rings is 1. The molecule has 2 aliphatic rings. The predicted molar refractivity (Wildman–Crippen MR) is 181 cm³/mol. The number of rotatable bonds is 15. The Bertz CT molecular complexity index is 1460. The fourth-order valence-corrected chi connectivity index (χ4v) is 5.35. The van der Waals surface area contributed by atoms with Crippen LogP contribution in [0, 0.1) is 5.41 Å². The second-order valence-corrected chi connectivity index (χ2v) is 13.0. The average Bonchev–Trinajstić information content (AvgIpc) is 3.49. The number of nitrogens with one attached hydrogen (secondary N) is 3. The summed E-state index contributed by atoms with van der Waals surface area (Å²) in [5, 5.41) is 16.7. The molecule has 0 bridgehead atoms. The van der Waals surface area contributed by atoms with Crippen LogP contribution in [0.1, 0.15) is 107 Å². The molecule has 268 valence electrons. The van der Waals surface area contributed by atoms with Gasteiger partial charge >= 0.3 is 11.9 Å². The van der Waals surface area contributed by atoms with Gasteiger partial charge in [0, 0.05) is 36.1 Å². The van der Waals surface area contributed by atoms with E-state index in [-0.39, 0.29) is 32.0 Å². The zero-order valence-corrected chi connectivity index (χ0v) is 29.0. The third kappa shape index (κ3) is 10.6. The number of carbonyl (C=O) groups excluding carboxylic acids is 4. The second kappa shape index (κ2) is 17.4. The van der Waals surface area contributed by atoms with E-state index in [0.29, 0.717) is 42.3 Å². The molecule has 4 rings (SSSR count). The molecule has 4 atom stereocenters. The van der Waals surface area contributed by atoms with E-state index in [0.717, 1.165) is 24.8 Å². The Morgan fingerprint density at radius 2 is 1.82 bits per heavy atom. The first-order chi connectivity index (χ1) is 23.4. The van der Waals surface area contributed by atoms with Crippen molar-refractivity contribution in [3.8, 4) is 0 Å². The first-order valence-electron chi connectivity index (χ1n) is 16.9. The Hall–Kier alpha value is -4.27. The summed E-state index contributed by atoms with van der Waals surface area (Å²) < 4.78 is 22.3. The van der Waals surface area contributed by atoms with Crippen LogP contribution < -0.4 is 10.6 Å². The number of hydrogen-bond donors (Lipinski definition) is 4. The van der Waals surface area contributed by atoms with Gasteiger partial charge in [0.25, 0.3) is 5.91 Å². The van der Waals surface area contributed by atoms with Crippen molar-refractivity contribution >= 4 is 41.7 Å². The van der Waals surface area contributed by atoms with Crippen LogP contribution in [0.3, 0.4) is 0 Å². The zero-order valence-electron chi connectivity index (χ0n) is 29.0. The topological polar surface area (TPSA) is 181 Å². The monoisotopic (exact) mass is 683 g/mol. The van der Waals surface area contributed by atoms with Gasteiger partial charge in [0.2, 0.25) is 5.91 Å². The number of aromatic nitrogens is 1. The minimum absolute atomic E-state index is 0.0432. The summed E-state index contributed by atoms with van der Waals surface area (Å²) >= 11 is 0. The van der Waals surface area contributed by atoms with Gasteiger partial charge in [0.1, 0.15) is 17.7 Å². The molecule has 1 fully saturated rings. The third-order valence-corrected chi connectivity index (χ3v) is 8.15. The zero-order chi connectivity index (χ0) is 35.6. The molecular formula is C35H49N5O9. The van der Waals surface area contributed by atoms with Gasteiger partial charge in [-0.15, -0.1) is 0 Å². The van der Waals surface area contributed by atoms with E-state index in [1.54, 1.807) is 55.4 Å². The molecule has 3 unspecified atom stereocenters. The summed E-state index contributed by atoms with van der Waals surface area (Å²) in [6, 6.07) is 7.54. The number of esters is 2. The smallest absolute Gasteiger partial charge is 0.328 e. The molecule has 0 spiro atoms. The van der Waals surface area contributed by atoms with Crippen LogP contribution >= 0.6 is 0 Å². The summed E-state index contributed by atoms with van der Waals surface area (Å²) in [5.41, 5.74) is 1.07. The molecule has 1 aromatic carbocycles. The summed E-state index contributed by atoms with van der Waals surface area (Å²) in [6.07, 6.45) is 2.88. The summed E-state index contributed by atoms with van der Waals surface area (Å²) in [6.45, 7) is 10.1. The highest BCUT2D eigenvalue weighted by Gasteiger charge is 2.29. The van der Waals surface area contributed by atoms with Gasteiger partial charge in [-0.3, -0.25) is 14.4 Å². The minimum Gasteiger partial charge on any atom is -0.466 e. The van der Waals surface area contributed by atoms with Crippen molar-refractivity contribution in [3.63, 3.8) is 0 Å². The number of aliphatic hydroxyl groups excluding tert-OH is 1. The number of ether oxygens (including phenoxy) is 4. The van der Waals surface area contributed by atoms with Crippen LogP contribution in [-0.4, -0.2) is 83.8 Å². The molecule has 49 heavy (non-hydrogen) atoms. The number of anilines is 1. The summed E-state index contributed by atoms with van der Waals surface area (Å²) in [7, 11) is 0. The van der Waals surface area contributed by atoms with E-state index in [1.165, 1.54) is 0 Å². The molecule has 4 N–H and O–H groups in total. The number of aliphatic hydroxyl groups is 1. The maximum atomic E-state index is 13.1. The second-order valence-electron chi connectivity index (χ2n) is 13.0. The summed E-state index contributed by atoms with van der Waals surface area (Å²) in [5.74, 6) is -0.822. The van der Waals surface area contributed by atoms with Gasteiger partial charge in [-0.2, -0.15) is 0 Å². The number of fused-ring (bicyclic) bond motifs is 1. The van der Waals surface area contributed by atoms with Crippen molar-refractivity contribution in [2.24, 2.45) is 10.4 Å². The lowest BCUT2D eigenvalue weighted by Gasteiger charge is -2.32.